The minimum Gasteiger partial charge on any atom is -0.348 e. The average molecular weight is 1140 g/mol. The molecule has 0 saturated heterocycles. The Morgan fingerprint density at radius 1 is 0.355 bits per heavy atom. The van der Waals surface area contributed by atoms with Gasteiger partial charge in [-0.25, -0.2) is 0 Å². The summed E-state index contributed by atoms with van der Waals surface area (Å²) in [5, 5.41) is 0. The van der Waals surface area contributed by atoms with Crippen molar-refractivity contribution in [2.24, 2.45) is 0 Å². The molecular weight excluding hydrogens is 1010 g/mol. The van der Waals surface area contributed by atoms with Gasteiger partial charge in [-0.3, -0.25) is 0 Å². The molecule has 2 aromatic carbocycles. The molecule has 2 rings (SSSR count). The third-order valence-electron chi connectivity index (χ3n) is 16.4. The molecular formula is C73H124N2Pd. The molecule has 0 aromatic heterocycles. The van der Waals surface area contributed by atoms with Crippen LogP contribution in [0.1, 0.15) is 365 Å². The molecule has 436 valence electrons. The van der Waals surface area contributed by atoms with Gasteiger partial charge >= 0.3 is 5.87 Å². The average Bonchev–Trinajstić information content (AvgIpc) is 3.43. The first-order chi connectivity index (χ1) is 37.2. The van der Waals surface area contributed by atoms with Crippen LogP contribution in [-0.2, 0) is 33.3 Å². The predicted molar refractivity (Wildman–Crippen MR) is 337 cm³/mol. The van der Waals surface area contributed by atoms with E-state index in [1.807, 2.05) is 0 Å². The molecule has 0 unspecified atom stereocenters. The molecule has 0 aliphatic heterocycles. The summed E-state index contributed by atoms with van der Waals surface area (Å²) in [6.45, 7) is 9.19. The molecule has 0 atom stereocenters. The normalized spacial score (nSPS) is 11.7. The van der Waals surface area contributed by atoms with Crippen LogP contribution in [0.15, 0.2) is 71.8 Å². The van der Waals surface area contributed by atoms with Gasteiger partial charge in [-0.15, -0.1) is 4.79 Å². The standard InChI is InChI=1S/C73H124N2.Pd/c1-5-9-13-16-18-20-22-24-26-28-30-32-33-34-35-37-39-41-43-45-47-49-52-56-71(66-75-74)72(57-53-50-48-46-44-42-40-38-36-31-29-27-25-23-21-19-17-14-10-6-2)73(69-62-58-67(59-63-69)54-12-8-4)70-64-60-68(61-65-70)55-51-15-11-7-3;/h53,57-65H,5-52,54-56H2,1-4H3;. The zero-order valence-corrected chi connectivity index (χ0v) is 52.6. The minimum absolute atomic E-state index is 0. The van der Waals surface area contributed by atoms with Gasteiger partial charge in [0.25, 0.3) is 0 Å². The van der Waals surface area contributed by atoms with Gasteiger partial charge in [0.05, 0.1) is 5.57 Å². The van der Waals surface area contributed by atoms with E-state index < -0.39 is 0 Å². The van der Waals surface area contributed by atoms with E-state index in [2.05, 4.69) is 99.0 Å². The second-order valence-corrected chi connectivity index (χ2v) is 23.5. The Morgan fingerprint density at radius 2 is 0.632 bits per heavy atom. The Morgan fingerprint density at radius 3 is 0.947 bits per heavy atom. The van der Waals surface area contributed by atoms with E-state index in [4.69, 9.17) is 0 Å². The number of nitrogens with zero attached hydrogens (tertiary/aromatic N) is 2. The summed E-state index contributed by atoms with van der Waals surface area (Å²) in [4.78, 5) is 3.63. The summed E-state index contributed by atoms with van der Waals surface area (Å²) >= 11 is 0. The first-order valence-corrected chi connectivity index (χ1v) is 33.7. The van der Waals surface area contributed by atoms with Gasteiger partial charge in [0.2, 0.25) is 0 Å². The quantitative estimate of drug-likeness (QED) is 0.0158. The molecule has 76 heavy (non-hydrogen) atoms. The van der Waals surface area contributed by atoms with E-state index in [0.717, 1.165) is 37.7 Å². The third-order valence-corrected chi connectivity index (χ3v) is 16.4. The number of unbranched alkanes of at least 4 members (excludes halogenated alkanes) is 44. The first kappa shape index (κ1) is 71.8. The van der Waals surface area contributed by atoms with Crippen molar-refractivity contribution in [1.82, 2.24) is 0 Å². The van der Waals surface area contributed by atoms with Crippen molar-refractivity contribution in [3.63, 3.8) is 0 Å². The Kier molecular flexibility index (Phi) is 52.9. The summed E-state index contributed by atoms with van der Waals surface area (Å²) in [5.41, 5.74) is 18.9. The molecule has 0 aliphatic rings. The number of allylic oxidation sites excluding steroid dienone is 4. The van der Waals surface area contributed by atoms with Crippen LogP contribution in [0.4, 0.5) is 0 Å². The van der Waals surface area contributed by atoms with Gasteiger partial charge in [-0.2, -0.15) is 0 Å². The maximum Gasteiger partial charge on any atom is 0.303 e. The molecule has 0 aliphatic carbocycles. The smallest absolute Gasteiger partial charge is 0.303 e. The summed E-state index contributed by atoms with van der Waals surface area (Å²) in [7, 11) is 0. The molecule has 3 heteroatoms. The zero-order chi connectivity index (χ0) is 53.6. The van der Waals surface area contributed by atoms with Crippen molar-refractivity contribution in [1.29, 1.82) is 0 Å². The molecule has 0 N–H and O–H groups in total. The number of hydrogen-bond acceptors (Lipinski definition) is 0. The maximum atomic E-state index is 10.2. The fourth-order valence-corrected chi connectivity index (χ4v) is 11.4. The van der Waals surface area contributed by atoms with Crippen molar-refractivity contribution in [2.45, 2.75) is 355 Å². The van der Waals surface area contributed by atoms with E-state index in [9.17, 15) is 5.53 Å². The molecule has 2 nitrogen and oxygen atoms in total. The molecule has 0 fully saturated rings. The van der Waals surface area contributed by atoms with Gasteiger partial charge in [0.1, 0.15) is 0 Å². The van der Waals surface area contributed by atoms with E-state index in [0.29, 0.717) is 0 Å². The SMILES string of the molecule is CCCCCCCCCCCCCCCCCCCCC=CC(C(=C=[N+]=[N-])CCCCCCCCCCCCCCCCCCCCCCCCC)=C(c1ccc(CCCC)cc1)c1ccc(CCCCCC)cc1.[Pd]. The third kappa shape index (κ3) is 40.9. The van der Waals surface area contributed by atoms with Crippen molar-refractivity contribution >= 4 is 11.4 Å². The van der Waals surface area contributed by atoms with Crippen molar-refractivity contribution < 1.29 is 25.2 Å². The van der Waals surface area contributed by atoms with E-state index in [1.54, 1.807) is 0 Å². The largest absolute Gasteiger partial charge is 0.348 e. The van der Waals surface area contributed by atoms with E-state index >= 15 is 0 Å². The Balaban J connectivity index is 0.0000289. The Bertz CT molecular complexity index is 1690. The van der Waals surface area contributed by atoms with Crippen LogP contribution in [0.5, 0.6) is 0 Å². The molecule has 0 radical (unpaired) electrons. The van der Waals surface area contributed by atoms with Crippen molar-refractivity contribution in [3.05, 3.63) is 99.6 Å². The monoisotopic (exact) mass is 1130 g/mol. The second-order valence-electron chi connectivity index (χ2n) is 23.5. The van der Waals surface area contributed by atoms with Crippen molar-refractivity contribution in [2.75, 3.05) is 0 Å². The summed E-state index contributed by atoms with van der Waals surface area (Å²) in [5.74, 6) is 3.16. The topological polar surface area (TPSA) is 36.4 Å². The molecule has 0 spiro atoms. The van der Waals surface area contributed by atoms with Gasteiger partial charge in [0, 0.05) is 26.0 Å². The summed E-state index contributed by atoms with van der Waals surface area (Å²) < 4.78 is 0. The van der Waals surface area contributed by atoms with Crippen LogP contribution in [-0.4, -0.2) is 10.7 Å². The molecule has 0 amide bonds. The van der Waals surface area contributed by atoms with Gasteiger partial charge in [-0.05, 0) is 79.2 Å². The fourth-order valence-electron chi connectivity index (χ4n) is 11.4. The van der Waals surface area contributed by atoms with Gasteiger partial charge < -0.3 is 5.53 Å². The van der Waals surface area contributed by atoms with E-state index in [1.165, 1.54) is 329 Å². The molecule has 2 aromatic rings. The fraction of sp³-hybridized carbons (Fsp3) is 0.753. The van der Waals surface area contributed by atoms with Crippen LogP contribution in [0.25, 0.3) is 11.1 Å². The Hall–Kier alpha value is -2.26. The first-order valence-electron chi connectivity index (χ1n) is 33.7. The van der Waals surface area contributed by atoms with Crippen LogP contribution in [0.2, 0.25) is 0 Å². The van der Waals surface area contributed by atoms with Gasteiger partial charge in [-0.1, -0.05) is 364 Å². The molecule has 0 saturated carbocycles. The number of rotatable bonds is 55. The molecule has 0 bridgehead atoms. The number of hydrogen-bond donors (Lipinski definition) is 0. The maximum absolute atomic E-state index is 10.2. The summed E-state index contributed by atoms with van der Waals surface area (Å²) in [6, 6.07) is 18.8. The van der Waals surface area contributed by atoms with Crippen LogP contribution in [0.3, 0.4) is 0 Å². The van der Waals surface area contributed by atoms with Gasteiger partial charge in [0.15, 0.2) is 0 Å². The molecule has 0 heterocycles. The number of benzene rings is 2. The zero-order valence-electron chi connectivity index (χ0n) is 51.0. The summed E-state index contributed by atoms with van der Waals surface area (Å²) in [6.07, 6.45) is 74.0. The van der Waals surface area contributed by atoms with Crippen LogP contribution >= 0.6 is 0 Å². The predicted octanol–water partition coefficient (Wildman–Crippen LogP) is 25.1. The second kappa shape index (κ2) is 56.0. The van der Waals surface area contributed by atoms with Crippen LogP contribution in [0, 0.1) is 0 Å². The van der Waals surface area contributed by atoms with Crippen LogP contribution < -0.4 is 0 Å². The number of aryl methyl sites for hydroxylation is 2. The van der Waals surface area contributed by atoms with Crippen molar-refractivity contribution in [3.8, 4) is 0 Å². The minimum atomic E-state index is 0. The Labute approximate surface area is 488 Å². The van der Waals surface area contributed by atoms with E-state index in [-0.39, 0.29) is 20.4 Å².